The Bertz CT molecular complexity index is 1210. The molecule has 1 spiro atoms. The van der Waals surface area contributed by atoms with Crippen LogP contribution in [-0.2, 0) is 16.1 Å². The third kappa shape index (κ3) is 6.66. The van der Waals surface area contributed by atoms with E-state index in [4.69, 9.17) is 25.8 Å². The molecule has 0 saturated carbocycles. The summed E-state index contributed by atoms with van der Waals surface area (Å²) in [5.41, 5.74) is 0.430. The number of rotatable bonds is 8. The van der Waals surface area contributed by atoms with Crippen LogP contribution in [0.4, 0.5) is 13.2 Å². The minimum atomic E-state index is -5.12. The highest BCUT2D eigenvalue weighted by Gasteiger charge is 2.54. The van der Waals surface area contributed by atoms with Gasteiger partial charge in [-0.25, -0.2) is 4.79 Å². The van der Waals surface area contributed by atoms with E-state index in [1.54, 1.807) is 28.0 Å². The van der Waals surface area contributed by atoms with Crippen molar-refractivity contribution in [1.82, 2.24) is 9.80 Å². The Morgan fingerprint density at radius 2 is 1.73 bits per heavy atom. The molecule has 0 aliphatic carbocycles. The molecule has 2 saturated heterocycles. The molecule has 4 rings (SSSR count). The van der Waals surface area contributed by atoms with Crippen molar-refractivity contribution in [2.24, 2.45) is 11.3 Å². The molecule has 0 aromatic heterocycles. The Morgan fingerprint density at radius 3 is 2.38 bits per heavy atom. The summed E-state index contributed by atoms with van der Waals surface area (Å²) in [6, 6.07) is 12.1. The van der Waals surface area contributed by atoms with Gasteiger partial charge in [-0.05, 0) is 49.4 Å². The van der Waals surface area contributed by atoms with E-state index in [-0.39, 0.29) is 12.5 Å². The fourth-order valence-corrected chi connectivity index (χ4v) is 5.60. The van der Waals surface area contributed by atoms with Gasteiger partial charge in [-0.15, -0.1) is 0 Å². The lowest BCUT2D eigenvalue weighted by atomic mass is 9.76. The van der Waals surface area contributed by atoms with E-state index >= 15 is 0 Å². The first-order valence-corrected chi connectivity index (χ1v) is 13.7. The van der Waals surface area contributed by atoms with Gasteiger partial charge in [0.25, 0.3) is 5.91 Å². The Balaban J connectivity index is 1.54. The van der Waals surface area contributed by atoms with Crippen molar-refractivity contribution in [3.8, 4) is 11.5 Å². The van der Waals surface area contributed by atoms with Crippen molar-refractivity contribution in [3.63, 3.8) is 0 Å². The molecule has 2 aromatic rings. The molecule has 1 atom stereocenters. The number of methoxy groups -OCH3 is 1. The summed E-state index contributed by atoms with van der Waals surface area (Å²) in [5.74, 6) is -1.17. The van der Waals surface area contributed by atoms with Gasteiger partial charge in [0, 0.05) is 42.2 Å². The van der Waals surface area contributed by atoms with Crippen molar-refractivity contribution in [2.75, 3.05) is 33.4 Å². The van der Waals surface area contributed by atoms with Crippen molar-refractivity contribution in [1.29, 1.82) is 0 Å². The Labute approximate surface area is 237 Å². The summed E-state index contributed by atoms with van der Waals surface area (Å²) < 4.78 is 56.4. The number of hydrogen-bond acceptors (Lipinski definition) is 6. The average Bonchev–Trinajstić information content (AvgIpc) is 3.23. The van der Waals surface area contributed by atoms with Crippen molar-refractivity contribution >= 4 is 23.5 Å². The lowest BCUT2D eigenvalue weighted by molar-refractivity contribution is -0.220. The van der Waals surface area contributed by atoms with Crippen molar-refractivity contribution in [3.05, 3.63) is 58.6 Å². The van der Waals surface area contributed by atoms with Crippen LogP contribution >= 0.6 is 11.6 Å². The van der Waals surface area contributed by atoms with E-state index in [1.165, 1.54) is 7.11 Å². The highest BCUT2D eigenvalue weighted by atomic mass is 35.5. The van der Waals surface area contributed by atoms with Crippen LogP contribution in [0, 0.1) is 11.3 Å². The fraction of sp³-hybridized carbons (Fsp3) is 0.517. The Kier molecular flexibility index (Phi) is 9.19. The molecule has 1 unspecified atom stereocenters. The molecule has 40 heavy (non-hydrogen) atoms. The number of esters is 1. The van der Waals surface area contributed by atoms with Gasteiger partial charge in [-0.1, -0.05) is 43.6 Å². The molecule has 0 radical (unpaired) electrons. The molecule has 2 aliphatic heterocycles. The van der Waals surface area contributed by atoms with Crippen LogP contribution in [0.2, 0.25) is 5.02 Å². The maximum atomic E-state index is 13.3. The van der Waals surface area contributed by atoms with E-state index in [2.05, 4.69) is 0 Å². The topological polar surface area (TPSA) is 68.3 Å². The molecular formula is C29H34ClF3N2O5. The van der Waals surface area contributed by atoms with E-state index in [0.717, 1.165) is 5.56 Å². The zero-order chi connectivity index (χ0) is 29.1. The van der Waals surface area contributed by atoms with Crippen molar-refractivity contribution in [2.45, 2.75) is 52.1 Å². The summed E-state index contributed by atoms with van der Waals surface area (Å²) in [6.07, 6.45) is -4.92. The maximum absolute atomic E-state index is 13.3. The SMILES string of the molecule is COc1cc(Cl)ccc1C(=O)N1CCC2(CC1)CCN(Cc1ccccc1OCC(C)C)C2OC(=O)C(F)(F)F. The highest BCUT2D eigenvalue weighted by Crippen LogP contribution is 2.47. The smallest absolute Gasteiger partial charge is 0.490 e. The van der Waals surface area contributed by atoms with E-state index in [1.807, 2.05) is 38.1 Å². The third-order valence-electron chi connectivity index (χ3n) is 7.56. The molecule has 2 aliphatic rings. The number of benzene rings is 2. The molecule has 2 heterocycles. The predicted octanol–water partition coefficient (Wildman–Crippen LogP) is 5.94. The van der Waals surface area contributed by atoms with Gasteiger partial charge < -0.3 is 19.1 Å². The fourth-order valence-electron chi connectivity index (χ4n) is 5.44. The first-order chi connectivity index (χ1) is 18.9. The molecule has 0 N–H and O–H groups in total. The van der Waals surface area contributed by atoms with Gasteiger partial charge in [0.2, 0.25) is 0 Å². The second-order valence-corrected chi connectivity index (χ2v) is 11.2. The van der Waals surface area contributed by atoms with Crippen LogP contribution in [0.5, 0.6) is 11.5 Å². The standard InChI is InChI=1S/C29H34ClF3N2O5/c1-19(2)18-39-23-7-5-4-6-20(23)17-35-15-12-28(26(35)40-27(37)29(31,32)33)10-13-34(14-11-28)25(36)22-9-8-21(30)16-24(22)38-3/h4-9,16,19,26H,10-15,17-18H2,1-3H3. The number of piperidine rings is 1. The summed E-state index contributed by atoms with van der Waals surface area (Å²) in [5, 5.41) is 0.433. The Morgan fingerprint density at radius 1 is 1.05 bits per heavy atom. The first kappa shape index (κ1) is 30.0. The highest BCUT2D eigenvalue weighted by molar-refractivity contribution is 6.30. The average molecular weight is 583 g/mol. The van der Waals surface area contributed by atoms with Gasteiger partial charge in [-0.3, -0.25) is 9.69 Å². The van der Waals surface area contributed by atoms with Crippen LogP contribution in [-0.4, -0.2) is 67.4 Å². The number of alkyl halides is 3. The van der Waals surface area contributed by atoms with Crippen molar-refractivity contribution < 1.29 is 37.0 Å². The molecular weight excluding hydrogens is 549 g/mol. The van der Waals surface area contributed by atoms with Gasteiger partial charge >= 0.3 is 12.1 Å². The van der Waals surface area contributed by atoms with Gasteiger partial charge in [0.15, 0.2) is 6.23 Å². The molecule has 11 heteroatoms. The van der Waals surface area contributed by atoms with E-state index < -0.39 is 23.8 Å². The zero-order valence-corrected chi connectivity index (χ0v) is 23.6. The number of carbonyl (C=O) groups is 2. The lowest BCUT2D eigenvalue weighted by Gasteiger charge is -2.43. The molecule has 1 amide bonds. The number of hydrogen-bond donors (Lipinski definition) is 0. The van der Waals surface area contributed by atoms with E-state index in [0.29, 0.717) is 73.5 Å². The summed E-state index contributed by atoms with van der Waals surface area (Å²) in [4.78, 5) is 28.8. The predicted molar refractivity (Wildman–Crippen MR) is 143 cm³/mol. The number of nitrogens with zero attached hydrogens (tertiary/aromatic N) is 2. The summed E-state index contributed by atoms with van der Waals surface area (Å²) in [7, 11) is 1.45. The largest absolute Gasteiger partial charge is 0.496 e. The quantitative estimate of drug-likeness (QED) is 0.359. The molecule has 2 fully saturated rings. The minimum absolute atomic E-state index is 0.252. The van der Waals surface area contributed by atoms with Gasteiger partial charge in [-0.2, -0.15) is 13.2 Å². The number of carbonyl (C=O) groups excluding carboxylic acids is 2. The van der Waals surface area contributed by atoms with Crippen LogP contribution in [0.3, 0.4) is 0 Å². The van der Waals surface area contributed by atoms with Crippen LogP contribution in [0.25, 0.3) is 0 Å². The second-order valence-electron chi connectivity index (χ2n) is 10.8. The van der Waals surface area contributed by atoms with Crippen LogP contribution in [0.1, 0.15) is 49.0 Å². The monoisotopic (exact) mass is 582 g/mol. The van der Waals surface area contributed by atoms with Gasteiger partial charge in [0.1, 0.15) is 11.5 Å². The lowest BCUT2D eigenvalue weighted by Crippen LogP contribution is -2.51. The number of likely N-dealkylation sites (tertiary alicyclic amines) is 2. The zero-order valence-electron chi connectivity index (χ0n) is 22.8. The van der Waals surface area contributed by atoms with Crippen LogP contribution < -0.4 is 9.47 Å². The maximum Gasteiger partial charge on any atom is 0.490 e. The molecule has 2 aromatic carbocycles. The summed E-state index contributed by atoms with van der Waals surface area (Å²) in [6.45, 7) is 5.85. The summed E-state index contributed by atoms with van der Waals surface area (Å²) >= 11 is 6.03. The second kappa shape index (κ2) is 12.3. The normalized spacial score (nSPS) is 19.2. The molecule has 7 nitrogen and oxygen atoms in total. The van der Waals surface area contributed by atoms with Crippen LogP contribution in [0.15, 0.2) is 42.5 Å². The molecule has 218 valence electrons. The number of ether oxygens (including phenoxy) is 3. The number of halogens is 4. The van der Waals surface area contributed by atoms with E-state index in [9.17, 15) is 22.8 Å². The molecule has 0 bridgehead atoms. The minimum Gasteiger partial charge on any atom is -0.496 e. The van der Waals surface area contributed by atoms with Gasteiger partial charge in [0.05, 0.1) is 19.3 Å². The number of amides is 1. The Hall–Kier alpha value is -2.98. The first-order valence-electron chi connectivity index (χ1n) is 13.3. The number of para-hydroxylation sites is 1. The third-order valence-corrected chi connectivity index (χ3v) is 7.80.